The molecule has 2 aromatic rings. The Kier molecular flexibility index (Phi) is 6.96. The van der Waals surface area contributed by atoms with Crippen LogP contribution < -0.4 is 10.6 Å². The van der Waals surface area contributed by atoms with E-state index in [0.29, 0.717) is 6.42 Å². The Balaban J connectivity index is 1.36. The lowest BCUT2D eigenvalue weighted by Gasteiger charge is -2.20. The Morgan fingerprint density at radius 2 is 1.64 bits per heavy atom. The fraction of sp³-hybridized carbons (Fsp3) is 0.423. The van der Waals surface area contributed by atoms with E-state index in [9.17, 15) is 19.5 Å². The molecule has 2 aliphatic carbocycles. The topological polar surface area (TPSA) is 105 Å². The van der Waals surface area contributed by atoms with Crippen LogP contribution in [0.5, 0.6) is 0 Å². The minimum atomic E-state index is -0.926. The second kappa shape index (κ2) is 10.1. The van der Waals surface area contributed by atoms with Crippen LogP contribution in [0.1, 0.15) is 49.7 Å². The van der Waals surface area contributed by atoms with Crippen LogP contribution in [0.15, 0.2) is 48.5 Å². The SMILES string of the molecule is CCCC(CNC(=O)C(NC(=O)OCC1c2ccccc2-c2ccccc21)C1CC1)C(=O)O. The molecule has 4 rings (SSSR count). The maximum atomic E-state index is 12.7. The summed E-state index contributed by atoms with van der Waals surface area (Å²) in [6, 6.07) is 15.5. The highest BCUT2D eigenvalue weighted by Crippen LogP contribution is 2.44. The number of carbonyl (C=O) groups is 3. The third-order valence-corrected chi connectivity index (χ3v) is 6.50. The van der Waals surface area contributed by atoms with Gasteiger partial charge in [0.25, 0.3) is 0 Å². The fourth-order valence-corrected chi connectivity index (χ4v) is 4.59. The van der Waals surface area contributed by atoms with E-state index in [4.69, 9.17) is 4.74 Å². The van der Waals surface area contributed by atoms with Gasteiger partial charge in [0.1, 0.15) is 12.6 Å². The lowest BCUT2D eigenvalue weighted by atomic mass is 9.98. The van der Waals surface area contributed by atoms with E-state index in [1.165, 1.54) is 0 Å². The largest absolute Gasteiger partial charge is 0.481 e. The number of alkyl carbamates (subject to hydrolysis) is 1. The minimum absolute atomic E-state index is 0.0532. The van der Waals surface area contributed by atoms with E-state index in [2.05, 4.69) is 34.9 Å². The van der Waals surface area contributed by atoms with Gasteiger partial charge in [0.15, 0.2) is 0 Å². The zero-order valence-corrected chi connectivity index (χ0v) is 18.8. The molecule has 0 heterocycles. The molecule has 7 nitrogen and oxygen atoms in total. The highest BCUT2D eigenvalue weighted by atomic mass is 16.5. The Labute approximate surface area is 193 Å². The van der Waals surface area contributed by atoms with Gasteiger partial charge in [0.05, 0.1) is 5.92 Å². The van der Waals surface area contributed by atoms with Crippen molar-refractivity contribution in [1.82, 2.24) is 10.6 Å². The Bertz CT molecular complexity index is 987. The molecule has 2 aromatic carbocycles. The summed E-state index contributed by atoms with van der Waals surface area (Å²) in [5, 5.41) is 14.7. The average Bonchev–Trinajstić information content (AvgIpc) is 3.61. The summed E-state index contributed by atoms with van der Waals surface area (Å²) in [5.41, 5.74) is 4.55. The second-order valence-electron chi connectivity index (χ2n) is 8.85. The predicted octanol–water partition coefficient (Wildman–Crippen LogP) is 3.92. The first kappa shape index (κ1) is 22.8. The number of hydrogen-bond donors (Lipinski definition) is 3. The molecule has 0 saturated heterocycles. The number of carboxylic acids is 1. The van der Waals surface area contributed by atoms with Crippen molar-refractivity contribution in [2.75, 3.05) is 13.2 Å². The molecule has 2 amide bonds. The standard InChI is InChI=1S/C26H30N2O5/c1-2-7-17(25(30)31)14-27-24(29)23(16-12-13-16)28-26(32)33-15-22-20-10-5-3-8-18(20)19-9-4-6-11-21(19)22/h3-6,8-11,16-17,22-23H,2,7,12-15H2,1H3,(H,27,29)(H,28,32)(H,30,31). The number of fused-ring (bicyclic) bond motifs is 3. The van der Waals surface area contributed by atoms with Crippen molar-refractivity contribution in [3.63, 3.8) is 0 Å². The van der Waals surface area contributed by atoms with Crippen LogP contribution in [-0.2, 0) is 14.3 Å². The van der Waals surface area contributed by atoms with Crippen molar-refractivity contribution < 1.29 is 24.2 Å². The van der Waals surface area contributed by atoms with Crippen molar-refractivity contribution >= 4 is 18.0 Å². The maximum Gasteiger partial charge on any atom is 0.407 e. The van der Waals surface area contributed by atoms with Gasteiger partial charge in [0.2, 0.25) is 5.91 Å². The van der Waals surface area contributed by atoms with Gasteiger partial charge in [-0.15, -0.1) is 0 Å². The molecule has 0 aliphatic heterocycles. The van der Waals surface area contributed by atoms with Gasteiger partial charge in [-0.05, 0) is 47.4 Å². The van der Waals surface area contributed by atoms with Crippen LogP contribution in [0, 0.1) is 11.8 Å². The Morgan fingerprint density at radius 1 is 1.03 bits per heavy atom. The first-order valence-corrected chi connectivity index (χ1v) is 11.6. The fourth-order valence-electron chi connectivity index (χ4n) is 4.59. The number of ether oxygens (including phenoxy) is 1. The smallest absolute Gasteiger partial charge is 0.407 e. The van der Waals surface area contributed by atoms with E-state index in [0.717, 1.165) is 41.5 Å². The molecule has 3 N–H and O–H groups in total. The van der Waals surface area contributed by atoms with Gasteiger partial charge in [-0.25, -0.2) is 4.79 Å². The van der Waals surface area contributed by atoms with E-state index in [1.807, 2.05) is 31.2 Å². The molecule has 0 spiro atoms. The number of benzene rings is 2. The minimum Gasteiger partial charge on any atom is -0.481 e. The zero-order valence-electron chi connectivity index (χ0n) is 18.8. The van der Waals surface area contributed by atoms with Crippen LogP contribution in [-0.4, -0.2) is 42.3 Å². The van der Waals surface area contributed by atoms with Gasteiger partial charge < -0.3 is 20.5 Å². The highest BCUT2D eigenvalue weighted by Gasteiger charge is 2.38. The van der Waals surface area contributed by atoms with Crippen molar-refractivity contribution in [2.45, 2.75) is 44.6 Å². The summed E-state index contributed by atoms with van der Waals surface area (Å²) in [6.07, 6.45) is 2.27. The lowest BCUT2D eigenvalue weighted by molar-refractivity contribution is -0.142. The zero-order chi connectivity index (χ0) is 23.4. The summed E-state index contributed by atoms with van der Waals surface area (Å²) in [7, 11) is 0. The third kappa shape index (κ3) is 5.18. The number of nitrogens with one attached hydrogen (secondary N) is 2. The van der Waals surface area contributed by atoms with Crippen molar-refractivity contribution in [3.8, 4) is 11.1 Å². The molecule has 174 valence electrons. The number of amides is 2. The molecular formula is C26H30N2O5. The van der Waals surface area contributed by atoms with Crippen molar-refractivity contribution in [1.29, 1.82) is 0 Å². The number of carboxylic acid groups (broad SMARTS) is 1. The van der Waals surface area contributed by atoms with Crippen LogP contribution in [0.2, 0.25) is 0 Å². The Morgan fingerprint density at radius 3 is 2.18 bits per heavy atom. The molecule has 1 fully saturated rings. The monoisotopic (exact) mass is 450 g/mol. The van der Waals surface area contributed by atoms with Crippen molar-refractivity contribution in [2.24, 2.45) is 11.8 Å². The van der Waals surface area contributed by atoms with E-state index < -0.39 is 24.0 Å². The normalized spacial score (nSPS) is 16.3. The van der Waals surface area contributed by atoms with Crippen molar-refractivity contribution in [3.05, 3.63) is 59.7 Å². The molecule has 0 aromatic heterocycles. The average molecular weight is 451 g/mol. The molecule has 0 bridgehead atoms. The van der Waals surface area contributed by atoms with Gasteiger partial charge in [-0.1, -0.05) is 61.9 Å². The lowest BCUT2D eigenvalue weighted by Crippen LogP contribution is -2.49. The summed E-state index contributed by atoms with van der Waals surface area (Å²) in [6.45, 7) is 2.14. The molecule has 0 radical (unpaired) electrons. The molecule has 7 heteroatoms. The van der Waals surface area contributed by atoms with Crippen LogP contribution in [0.25, 0.3) is 11.1 Å². The third-order valence-electron chi connectivity index (χ3n) is 6.50. The summed E-state index contributed by atoms with van der Waals surface area (Å²) < 4.78 is 5.58. The van der Waals surface area contributed by atoms with Gasteiger partial charge in [-0.2, -0.15) is 0 Å². The van der Waals surface area contributed by atoms with E-state index >= 15 is 0 Å². The molecule has 33 heavy (non-hydrogen) atoms. The van der Waals surface area contributed by atoms with Crippen LogP contribution >= 0.6 is 0 Å². The van der Waals surface area contributed by atoms with Gasteiger partial charge in [0, 0.05) is 12.5 Å². The van der Waals surface area contributed by atoms with Crippen LogP contribution in [0.3, 0.4) is 0 Å². The summed E-state index contributed by atoms with van der Waals surface area (Å²) in [5.74, 6) is -1.91. The second-order valence-corrected chi connectivity index (χ2v) is 8.85. The highest BCUT2D eigenvalue weighted by molar-refractivity contribution is 5.87. The number of aliphatic carboxylic acids is 1. The summed E-state index contributed by atoms with van der Waals surface area (Å²) in [4.78, 5) is 36.7. The molecule has 2 aliphatic rings. The Hall–Kier alpha value is -3.35. The maximum absolute atomic E-state index is 12.7. The van der Waals surface area contributed by atoms with E-state index in [-0.39, 0.29) is 30.9 Å². The molecular weight excluding hydrogens is 420 g/mol. The first-order valence-electron chi connectivity index (χ1n) is 11.6. The quantitative estimate of drug-likeness (QED) is 0.509. The van der Waals surface area contributed by atoms with Gasteiger partial charge in [-0.3, -0.25) is 9.59 Å². The van der Waals surface area contributed by atoms with Gasteiger partial charge >= 0.3 is 12.1 Å². The predicted molar refractivity (Wildman–Crippen MR) is 124 cm³/mol. The molecule has 2 atom stereocenters. The molecule has 1 saturated carbocycles. The summed E-state index contributed by atoms with van der Waals surface area (Å²) >= 11 is 0. The van der Waals surface area contributed by atoms with E-state index in [1.54, 1.807) is 0 Å². The number of hydrogen-bond acceptors (Lipinski definition) is 4. The van der Waals surface area contributed by atoms with Crippen LogP contribution in [0.4, 0.5) is 4.79 Å². The number of rotatable bonds is 10. The first-order chi connectivity index (χ1) is 16.0. The molecule has 2 unspecified atom stereocenters. The number of carbonyl (C=O) groups excluding carboxylic acids is 2.